The maximum Gasteiger partial charge on any atom is 0.234 e. The van der Waals surface area contributed by atoms with Gasteiger partial charge in [-0.3, -0.25) is 4.79 Å². The van der Waals surface area contributed by atoms with Gasteiger partial charge in [0.15, 0.2) is 0 Å². The van der Waals surface area contributed by atoms with E-state index in [0.717, 1.165) is 16.3 Å². The Balaban J connectivity index is 1.58. The van der Waals surface area contributed by atoms with Crippen molar-refractivity contribution < 1.29 is 4.79 Å². The van der Waals surface area contributed by atoms with Gasteiger partial charge in [-0.25, -0.2) is 4.99 Å². The number of nitrogens with zero attached hydrogens (tertiary/aromatic N) is 2. The van der Waals surface area contributed by atoms with E-state index in [1.807, 2.05) is 6.07 Å². The summed E-state index contributed by atoms with van der Waals surface area (Å²) in [5.41, 5.74) is 2.98. The molecule has 0 saturated carbocycles. The third-order valence-corrected chi connectivity index (χ3v) is 4.90. The Morgan fingerprint density at radius 1 is 1.29 bits per heavy atom. The summed E-state index contributed by atoms with van der Waals surface area (Å²) in [6, 6.07) is 12.4. The van der Waals surface area contributed by atoms with Crippen molar-refractivity contribution in [2.24, 2.45) is 4.99 Å². The zero-order valence-corrected chi connectivity index (χ0v) is 14.7. The van der Waals surface area contributed by atoms with Gasteiger partial charge in [-0.05, 0) is 35.9 Å². The molecule has 2 aromatic rings. The molecular weight excluding hydrogens is 365 g/mol. The van der Waals surface area contributed by atoms with Crippen LogP contribution in [-0.4, -0.2) is 16.7 Å². The van der Waals surface area contributed by atoms with Crippen LogP contribution in [0, 0.1) is 11.3 Å². The summed E-state index contributed by atoms with van der Waals surface area (Å²) in [5.74, 6) is 0.0669. The predicted molar refractivity (Wildman–Crippen MR) is 99.5 cm³/mol. The minimum atomic E-state index is -0.166. The fraction of sp³-hybridized carbons (Fsp3) is 0.118. The van der Waals surface area contributed by atoms with Crippen LogP contribution in [0.3, 0.4) is 0 Å². The lowest BCUT2D eigenvalue weighted by atomic mass is 10.1. The molecule has 0 aliphatic carbocycles. The average molecular weight is 376 g/mol. The molecule has 0 aromatic heterocycles. The van der Waals surface area contributed by atoms with Crippen molar-refractivity contribution in [3.63, 3.8) is 0 Å². The topological polar surface area (TPSA) is 65.2 Å². The molecule has 1 amide bonds. The molecule has 0 bridgehead atoms. The number of carbonyl (C=O) groups excluding carboxylic acids is 1. The van der Waals surface area contributed by atoms with Gasteiger partial charge in [0, 0.05) is 11.4 Å². The Kier molecular flexibility index (Phi) is 5.10. The number of nitriles is 1. The molecule has 1 heterocycles. The second kappa shape index (κ2) is 7.27. The van der Waals surface area contributed by atoms with Crippen LogP contribution in [0.1, 0.15) is 11.1 Å². The van der Waals surface area contributed by atoms with Gasteiger partial charge in [0.05, 0.1) is 38.8 Å². The highest BCUT2D eigenvalue weighted by atomic mass is 35.5. The summed E-state index contributed by atoms with van der Waals surface area (Å²) in [7, 11) is 0. The number of nitrogens with one attached hydrogen (secondary N) is 1. The Morgan fingerprint density at radius 2 is 2.12 bits per heavy atom. The highest BCUT2D eigenvalue weighted by Gasteiger charge is 2.17. The monoisotopic (exact) mass is 375 g/mol. The van der Waals surface area contributed by atoms with E-state index in [9.17, 15) is 4.79 Å². The number of anilines is 1. The molecule has 0 unspecified atom stereocenters. The maximum absolute atomic E-state index is 12.1. The highest BCUT2D eigenvalue weighted by Crippen LogP contribution is 2.31. The van der Waals surface area contributed by atoms with E-state index in [4.69, 9.17) is 28.5 Å². The normalized spacial score (nSPS) is 12.3. The van der Waals surface area contributed by atoms with Gasteiger partial charge < -0.3 is 5.32 Å². The van der Waals surface area contributed by atoms with Crippen LogP contribution >= 0.6 is 35.0 Å². The van der Waals surface area contributed by atoms with E-state index in [-0.39, 0.29) is 11.7 Å². The van der Waals surface area contributed by atoms with E-state index in [2.05, 4.69) is 16.4 Å². The fourth-order valence-corrected chi connectivity index (χ4v) is 3.48. The van der Waals surface area contributed by atoms with Crippen molar-refractivity contribution in [2.45, 2.75) is 6.42 Å². The summed E-state index contributed by atoms with van der Waals surface area (Å²) in [6.07, 6.45) is 0.681. The summed E-state index contributed by atoms with van der Waals surface area (Å²) >= 11 is 13.2. The Morgan fingerprint density at radius 3 is 2.88 bits per heavy atom. The summed E-state index contributed by atoms with van der Waals surface area (Å²) in [4.78, 5) is 16.5. The van der Waals surface area contributed by atoms with Gasteiger partial charge in [-0.1, -0.05) is 29.3 Å². The number of amides is 1. The van der Waals surface area contributed by atoms with Crippen molar-refractivity contribution >= 4 is 57.3 Å². The molecule has 0 spiro atoms. The number of rotatable bonds is 3. The molecule has 0 saturated heterocycles. The molecule has 0 atom stereocenters. The molecule has 1 aliphatic heterocycles. The quantitative estimate of drug-likeness (QED) is 0.835. The largest absolute Gasteiger partial charge is 0.324 e. The molecule has 1 N–H and O–H groups in total. The second-order valence-electron chi connectivity index (χ2n) is 5.10. The summed E-state index contributed by atoms with van der Waals surface area (Å²) in [6.45, 7) is 0. The van der Waals surface area contributed by atoms with Crippen molar-refractivity contribution in [3.8, 4) is 6.07 Å². The van der Waals surface area contributed by atoms with Crippen molar-refractivity contribution in [2.75, 3.05) is 11.1 Å². The lowest BCUT2D eigenvalue weighted by molar-refractivity contribution is -0.113. The zero-order chi connectivity index (χ0) is 17.1. The number of halogens is 2. The lowest BCUT2D eigenvalue weighted by Crippen LogP contribution is -2.15. The van der Waals surface area contributed by atoms with Crippen LogP contribution in [0.25, 0.3) is 0 Å². The first-order valence-corrected chi connectivity index (χ1v) is 8.77. The maximum atomic E-state index is 12.1. The van der Waals surface area contributed by atoms with Crippen molar-refractivity contribution in [1.82, 2.24) is 0 Å². The van der Waals surface area contributed by atoms with Crippen LogP contribution in [-0.2, 0) is 11.2 Å². The standard InChI is InChI=1S/C17H11Cl2N3OS/c18-12-3-4-14(13(19)7-12)21-16(23)9-24-17-6-11-2-1-10(8-20)5-15(11)22-17/h1-5,7H,6,9H2,(H,21,23). The van der Waals surface area contributed by atoms with Crippen LogP contribution in [0.5, 0.6) is 0 Å². The molecule has 0 radical (unpaired) electrons. The van der Waals surface area contributed by atoms with Crippen molar-refractivity contribution in [3.05, 3.63) is 57.6 Å². The van der Waals surface area contributed by atoms with Gasteiger partial charge >= 0.3 is 0 Å². The molecule has 24 heavy (non-hydrogen) atoms. The Labute approximate surface area is 153 Å². The first-order chi connectivity index (χ1) is 11.5. The minimum Gasteiger partial charge on any atom is -0.324 e. The lowest BCUT2D eigenvalue weighted by Gasteiger charge is -2.07. The third kappa shape index (κ3) is 3.90. The minimum absolute atomic E-state index is 0.166. The van der Waals surface area contributed by atoms with Gasteiger partial charge in [0.2, 0.25) is 5.91 Å². The number of benzene rings is 2. The number of aliphatic imine (C=N–C) groups is 1. The van der Waals surface area contributed by atoms with Gasteiger partial charge in [0.25, 0.3) is 0 Å². The Bertz CT molecular complexity index is 890. The Hall–Kier alpha value is -2.00. The third-order valence-electron chi connectivity index (χ3n) is 3.38. The molecular formula is C17H11Cl2N3OS. The van der Waals surface area contributed by atoms with Gasteiger partial charge in [0.1, 0.15) is 0 Å². The first-order valence-electron chi connectivity index (χ1n) is 7.03. The molecule has 4 nitrogen and oxygen atoms in total. The predicted octanol–water partition coefficient (Wildman–Crippen LogP) is 4.82. The van der Waals surface area contributed by atoms with E-state index < -0.39 is 0 Å². The van der Waals surface area contributed by atoms with Crippen LogP contribution in [0.2, 0.25) is 10.0 Å². The van der Waals surface area contributed by atoms with E-state index in [0.29, 0.717) is 27.7 Å². The van der Waals surface area contributed by atoms with Gasteiger partial charge in [-0.15, -0.1) is 11.8 Å². The van der Waals surface area contributed by atoms with Gasteiger partial charge in [-0.2, -0.15) is 5.26 Å². The van der Waals surface area contributed by atoms with E-state index in [1.54, 1.807) is 30.3 Å². The zero-order valence-electron chi connectivity index (χ0n) is 12.3. The molecule has 7 heteroatoms. The molecule has 120 valence electrons. The van der Waals surface area contributed by atoms with Crippen LogP contribution < -0.4 is 5.32 Å². The fourth-order valence-electron chi connectivity index (χ4n) is 2.23. The molecule has 0 fully saturated rings. The van der Waals surface area contributed by atoms with E-state index >= 15 is 0 Å². The number of carbonyl (C=O) groups is 1. The number of thioether (sulfide) groups is 1. The van der Waals surface area contributed by atoms with Crippen LogP contribution in [0.15, 0.2) is 41.4 Å². The smallest absolute Gasteiger partial charge is 0.234 e. The molecule has 1 aliphatic rings. The second-order valence-corrected chi connectivity index (χ2v) is 6.99. The molecule has 2 aromatic carbocycles. The summed E-state index contributed by atoms with van der Waals surface area (Å²) in [5, 5.41) is 13.4. The first kappa shape index (κ1) is 16.8. The number of hydrogen-bond acceptors (Lipinski definition) is 4. The van der Waals surface area contributed by atoms with Crippen molar-refractivity contribution in [1.29, 1.82) is 5.26 Å². The number of hydrogen-bond donors (Lipinski definition) is 1. The average Bonchev–Trinajstić information content (AvgIpc) is 2.97. The van der Waals surface area contributed by atoms with Crippen LogP contribution in [0.4, 0.5) is 11.4 Å². The SMILES string of the molecule is N#Cc1ccc2c(c1)N=C(SCC(=O)Nc1ccc(Cl)cc1Cl)C2. The molecule has 3 rings (SSSR count). The highest BCUT2D eigenvalue weighted by molar-refractivity contribution is 8.14. The van der Waals surface area contributed by atoms with E-state index in [1.165, 1.54) is 11.8 Å². The number of fused-ring (bicyclic) bond motifs is 1. The summed E-state index contributed by atoms with van der Waals surface area (Å²) < 4.78 is 0.